The van der Waals surface area contributed by atoms with Crippen molar-refractivity contribution in [3.05, 3.63) is 46.2 Å². The molecule has 3 N–H and O–H groups in total. The molecule has 2 aromatic heterocycles. The van der Waals surface area contributed by atoms with Crippen LogP contribution in [0.5, 0.6) is 0 Å². The maximum atomic E-state index is 6.66. The van der Waals surface area contributed by atoms with Gasteiger partial charge in [-0.3, -0.25) is 0 Å². The molecule has 23 heavy (non-hydrogen) atoms. The normalized spacial score (nSPS) is 14.2. The number of hydrogen-bond donors (Lipinski definition) is 2. The summed E-state index contributed by atoms with van der Waals surface area (Å²) >= 11 is 6.66. The van der Waals surface area contributed by atoms with Crippen molar-refractivity contribution in [1.29, 1.82) is 0 Å². The molecule has 4 rings (SSSR count). The maximum absolute atomic E-state index is 6.66. The first-order valence-electron chi connectivity index (χ1n) is 7.79. The molecule has 0 fully saturated rings. The van der Waals surface area contributed by atoms with Crippen molar-refractivity contribution in [3.8, 4) is 11.1 Å². The van der Waals surface area contributed by atoms with Gasteiger partial charge in [-0.05, 0) is 41.8 Å². The van der Waals surface area contributed by atoms with Crippen molar-refractivity contribution in [3.63, 3.8) is 0 Å². The molecule has 3 aromatic rings. The molecule has 1 aliphatic rings. The minimum absolute atomic E-state index is 0.535. The van der Waals surface area contributed by atoms with Gasteiger partial charge in [0.2, 0.25) is 0 Å². The summed E-state index contributed by atoms with van der Waals surface area (Å²) in [6, 6.07) is 6.03. The first kappa shape index (κ1) is 14.5. The third-order valence-corrected chi connectivity index (χ3v) is 5.23. The molecule has 1 aliphatic heterocycles. The van der Waals surface area contributed by atoms with Crippen LogP contribution in [0.4, 0.5) is 5.82 Å². The largest absolute Gasteiger partial charge is 0.384 e. The monoisotopic (exact) mass is 326 g/mol. The lowest BCUT2D eigenvalue weighted by Gasteiger charge is -2.15. The van der Waals surface area contributed by atoms with E-state index in [0.29, 0.717) is 5.82 Å². The third kappa shape index (κ3) is 2.13. The summed E-state index contributed by atoms with van der Waals surface area (Å²) in [5.74, 6) is 0.535. The molecular weight excluding hydrogens is 308 g/mol. The van der Waals surface area contributed by atoms with Crippen molar-refractivity contribution in [2.75, 3.05) is 12.3 Å². The zero-order valence-corrected chi connectivity index (χ0v) is 14.0. The molecule has 4 nitrogen and oxygen atoms in total. The smallest absolute Gasteiger partial charge is 0.123 e. The lowest BCUT2D eigenvalue weighted by atomic mass is 9.96. The lowest BCUT2D eigenvalue weighted by molar-refractivity contribution is 0.622. The number of benzene rings is 1. The van der Waals surface area contributed by atoms with Crippen molar-refractivity contribution in [2.24, 2.45) is 7.05 Å². The predicted octanol–water partition coefficient (Wildman–Crippen LogP) is 3.43. The quantitative estimate of drug-likeness (QED) is 0.720. The van der Waals surface area contributed by atoms with E-state index < -0.39 is 0 Å². The topological polar surface area (TPSA) is 55.9 Å². The number of fused-ring (bicyclic) bond motifs is 3. The molecule has 1 aromatic carbocycles. The second-order valence-corrected chi connectivity index (χ2v) is 6.54. The standard InChI is InChI=1S/C18H19ClN4/c1-10-7-12(11-3-4-15(20)22-8-11)16-13-9-21-6-5-14(13)23(2)18(16)17(10)19/h3-4,7-8,21H,5-6,9H2,1-2H3,(H2,20,22). The molecule has 0 saturated carbocycles. The minimum Gasteiger partial charge on any atom is -0.384 e. The Morgan fingerprint density at radius 2 is 2.17 bits per heavy atom. The summed E-state index contributed by atoms with van der Waals surface area (Å²) in [5.41, 5.74) is 12.9. The first-order valence-corrected chi connectivity index (χ1v) is 8.17. The molecule has 0 unspecified atom stereocenters. The van der Waals surface area contributed by atoms with E-state index in [9.17, 15) is 0 Å². The summed E-state index contributed by atoms with van der Waals surface area (Å²) in [7, 11) is 2.11. The molecule has 3 heterocycles. The van der Waals surface area contributed by atoms with Crippen LogP contribution in [0, 0.1) is 6.92 Å². The Hall–Kier alpha value is -2.04. The van der Waals surface area contributed by atoms with E-state index in [1.165, 1.54) is 22.2 Å². The average molecular weight is 327 g/mol. The van der Waals surface area contributed by atoms with Crippen molar-refractivity contribution in [2.45, 2.75) is 19.9 Å². The van der Waals surface area contributed by atoms with E-state index in [1.807, 2.05) is 18.3 Å². The minimum atomic E-state index is 0.535. The van der Waals surface area contributed by atoms with E-state index in [-0.39, 0.29) is 0 Å². The van der Waals surface area contributed by atoms with E-state index >= 15 is 0 Å². The summed E-state index contributed by atoms with van der Waals surface area (Å²) in [6.45, 7) is 3.94. The predicted molar refractivity (Wildman–Crippen MR) is 95.7 cm³/mol. The third-order valence-electron chi connectivity index (χ3n) is 4.75. The SMILES string of the molecule is Cc1cc(-c2ccc(N)nc2)c2c3c(n(C)c2c1Cl)CCNC3. The van der Waals surface area contributed by atoms with Crippen molar-refractivity contribution < 1.29 is 0 Å². The van der Waals surface area contributed by atoms with Gasteiger partial charge in [-0.1, -0.05) is 11.6 Å². The second-order valence-electron chi connectivity index (χ2n) is 6.16. The number of halogens is 1. The number of nitrogens with zero attached hydrogens (tertiary/aromatic N) is 2. The Balaban J connectivity index is 2.12. The highest BCUT2D eigenvalue weighted by Crippen LogP contribution is 2.40. The molecule has 0 aliphatic carbocycles. The van der Waals surface area contributed by atoms with Gasteiger partial charge in [0.05, 0.1) is 10.5 Å². The van der Waals surface area contributed by atoms with Crippen LogP contribution in [0.15, 0.2) is 24.4 Å². The number of aromatic nitrogens is 2. The highest BCUT2D eigenvalue weighted by atomic mass is 35.5. The highest BCUT2D eigenvalue weighted by Gasteiger charge is 2.23. The fourth-order valence-electron chi connectivity index (χ4n) is 3.60. The molecular formula is C18H19ClN4. The van der Waals surface area contributed by atoms with Gasteiger partial charge in [0.1, 0.15) is 5.82 Å². The Morgan fingerprint density at radius 1 is 1.35 bits per heavy atom. The van der Waals surface area contributed by atoms with E-state index in [0.717, 1.165) is 41.2 Å². The van der Waals surface area contributed by atoms with Gasteiger partial charge in [-0.25, -0.2) is 4.98 Å². The molecule has 0 atom stereocenters. The average Bonchev–Trinajstić information content (AvgIpc) is 2.86. The van der Waals surface area contributed by atoms with E-state index in [2.05, 4.69) is 34.9 Å². The number of anilines is 1. The number of nitrogens with two attached hydrogens (primary N) is 1. The van der Waals surface area contributed by atoms with Gasteiger partial charge in [0.15, 0.2) is 0 Å². The van der Waals surface area contributed by atoms with Crippen molar-refractivity contribution in [1.82, 2.24) is 14.9 Å². The summed E-state index contributed by atoms with van der Waals surface area (Å²) in [5, 5.41) is 5.55. The van der Waals surface area contributed by atoms with E-state index in [1.54, 1.807) is 0 Å². The van der Waals surface area contributed by atoms with Crippen LogP contribution in [-0.2, 0) is 20.0 Å². The molecule has 0 amide bonds. The number of rotatable bonds is 1. The fraction of sp³-hybridized carbons (Fsp3) is 0.278. The van der Waals surface area contributed by atoms with Gasteiger partial charge in [-0.15, -0.1) is 0 Å². The zero-order chi connectivity index (χ0) is 16.1. The lowest BCUT2D eigenvalue weighted by Crippen LogP contribution is -2.24. The Bertz CT molecular complexity index is 909. The molecule has 0 saturated heterocycles. The van der Waals surface area contributed by atoms with Crippen LogP contribution in [0.1, 0.15) is 16.8 Å². The van der Waals surface area contributed by atoms with Gasteiger partial charge in [-0.2, -0.15) is 0 Å². The molecule has 0 radical (unpaired) electrons. The van der Waals surface area contributed by atoms with Crippen LogP contribution in [0.25, 0.3) is 22.0 Å². The molecule has 5 heteroatoms. The molecule has 118 valence electrons. The fourth-order valence-corrected chi connectivity index (χ4v) is 3.88. The van der Waals surface area contributed by atoms with Crippen LogP contribution in [0.3, 0.4) is 0 Å². The second kappa shape index (κ2) is 5.25. The van der Waals surface area contributed by atoms with Gasteiger partial charge in [0, 0.05) is 49.4 Å². The van der Waals surface area contributed by atoms with Crippen LogP contribution < -0.4 is 11.1 Å². The van der Waals surface area contributed by atoms with Gasteiger partial charge >= 0.3 is 0 Å². The van der Waals surface area contributed by atoms with Crippen molar-refractivity contribution >= 4 is 28.3 Å². The zero-order valence-electron chi connectivity index (χ0n) is 13.3. The van der Waals surface area contributed by atoms with Crippen LogP contribution >= 0.6 is 11.6 Å². The maximum Gasteiger partial charge on any atom is 0.123 e. The first-order chi connectivity index (χ1) is 11.1. The van der Waals surface area contributed by atoms with Gasteiger partial charge in [0.25, 0.3) is 0 Å². The summed E-state index contributed by atoms with van der Waals surface area (Å²) in [6.07, 6.45) is 2.86. The Kier molecular flexibility index (Phi) is 3.32. The highest BCUT2D eigenvalue weighted by molar-refractivity contribution is 6.36. The number of nitrogens with one attached hydrogen (secondary N) is 1. The summed E-state index contributed by atoms with van der Waals surface area (Å²) < 4.78 is 2.26. The number of pyridine rings is 1. The van der Waals surface area contributed by atoms with Crippen LogP contribution in [0.2, 0.25) is 5.02 Å². The Morgan fingerprint density at radius 3 is 2.91 bits per heavy atom. The molecule has 0 bridgehead atoms. The number of hydrogen-bond acceptors (Lipinski definition) is 3. The number of aryl methyl sites for hydroxylation is 2. The summed E-state index contributed by atoms with van der Waals surface area (Å²) in [4.78, 5) is 4.26. The Labute approximate surface area is 140 Å². The molecule has 0 spiro atoms. The number of nitrogen functional groups attached to an aromatic ring is 1. The van der Waals surface area contributed by atoms with Crippen LogP contribution in [-0.4, -0.2) is 16.1 Å². The van der Waals surface area contributed by atoms with E-state index in [4.69, 9.17) is 17.3 Å². The van der Waals surface area contributed by atoms with Gasteiger partial charge < -0.3 is 15.6 Å².